The zero-order valence-electron chi connectivity index (χ0n) is 29.9. The Labute approximate surface area is 315 Å². The van der Waals surface area contributed by atoms with Crippen molar-refractivity contribution in [2.24, 2.45) is 0 Å². The lowest BCUT2D eigenvalue weighted by atomic mass is 9.73. The molecule has 0 spiro atoms. The number of hydrogen-bond donors (Lipinski definition) is 1. The molecule has 0 heterocycles. The topological polar surface area (TPSA) is 136 Å². The Bertz CT molecular complexity index is 1730. The van der Waals surface area contributed by atoms with Crippen molar-refractivity contribution in [2.45, 2.75) is 11.8 Å². The number of carbonyl (C=O) groups is 3. The van der Waals surface area contributed by atoms with Gasteiger partial charge in [0.15, 0.2) is 0 Å². The van der Waals surface area contributed by atoms with Crippen LogP contribution in [0.15, 0.2) is 135 Å². The summed E-state index contributed by atoms with van der Waals surface area (Å²) in [6.45, 7) is 11.1. The highest BCUT2D eigenvalue weighted by atomic mass is 16.6. The van der Waals surface area contributed by atoms with Crippen molar-refractivity contribution in [3.63, 3.8) is 0 Å². The molecule has 1 unspecified atom stereocenters. The molecule has 54 heavy (non-hydrogen) atoms. The van der Waals surface area contributed by atoms with Crippen molar-refractivity contribution in [3.8, 4) is 23.0 Å². The van der Waals surface area contributed by atoms with Gasteiger partial charge in [-0.25, -0.2) is 14.4 Å². The summed E-state index contributed by atoms with van der Waals surface area (Å²) in [6, 6.07) is 31.0. The van der Waals surface area contributed by atoms with Gasteiger partial charge in [-0.05, 0) is 70.8 Å². The Morgan fingerprint density at radius 1 is 0.426 bits per heavy atom. The first-order chi connectivity index (χ1) is 26.3. The van der Waals surface area contributed by atoms with E-state index in [-0.39, 0.29) is 64.7 Å². The second-order valence-electron chi connectivity index (χ2n) is 11.5. The van der Waals surface area contributed by atoms with Crippen LogP contribution in [0.2, 0.25) is 0 Å². The summed E-state index contributed by atoms with van der Waals surface area (Å²) < 4.78 is 38.2. The normalized spacial score (nSPS) is 11.1. The van der Waals surface area contributed by atoms with Crippen molar-refractivity contribution in [1.82, 2.24) is 0 Å². The Morgan fingerprint density at radius 2 is 0.667 bits per heavy atom. The highest BCUT2D eigenvalue weighted by Gasteiger charge is 2.29. The Kier molecular flexibility index (Phi) is 16.4. The molecule has 1 N–H and O–H groups in total. The fourth-order valence-corrected chi connectivity index (χ4v) is 5.49. The summed E-state index contributed by atoms with van der Waals surface area (Å²) in [4.78, 5) is 34.2. The van der Waals surface area contributed by atoms with E-state index in [0.29, 0.717) is 23.0 Å². The van der Waals surface area contributed by atoms with Gasteiger partial charge < -0.3 is 38.3 Å². The number of hydrogen-bond acceptors (Lipinski definition) is 11. The average molecular weight is 737 g/mol. The van der Waals surface area contributed by atoms with Crippen LogP contribution in [-0.4, -0.2) is 75.9 Å². The van der Waals surface area contributed by atoms with Crippen molar-refractivity contribution in [2.75, 3.05) is 52.9 Å². The van der Waals surface area contributed by atoms with Gasteiger partial charge in [-0.1, -0.05) is 68.3 Å². The molecule has 11 heteroatoms. The zero-order chi connectivity index (χ0) is 38.5. The second kappa shape index (κ2) is 21.9. The van der Waals surface area contributed by atoms with E-state index in [9.17, 15) is 19.5 Å². The number of carbonyl (C=O) groups excluding carboxylic acids is 3. The molecule has 0 aliphatic heterocycles. The fraction of sp³-hybridized carbons (Fsp3) is 0.233. The van der Waals surface area contributed by atoms with E-state index in [1.165, 1.54) is 0 Å². The molecule has 282 valence electrons. The van der Waals surface area contributed by atoms with Crippen molar-refractivity contribution in [3.05, 3.63) is 157 Å². The van der Waals surface area contributed by atoms with Crippen LogP contribution in [0.5, 0.6) is 23.0 Å². The predicted octanol–water partition coefficient (Wildman–Crippen LogP) is 6.35. The SMILES string of the molecule is C=CC(=O)OCCOc1ccc(C(c2ccc(OCCO)cc2)C(c2ccc(OCCOC(=O)C=C)cc2)c2ccc(OCCOC(=O)C=C)cc2)cc1. The van der Waals surface area contributed by atoms with E-state index in [0.717, 1.165) is 40.5 Å². The van der Waals surface area contributed by atoms with Crippen LogP contribution in [0.25, 0.3) is 0 Å². The van der Waals surface area contributed by atoms with E-state index >= 15 is 0 Å². The average Bonchev–Trinajstić information content (AvgIpc) is 3.21. The smallest absolute Gasteiger partial charge is 0.330 e. The van der Waals surface area contributed by atoms with Crippen LogP contribution < -0.4 is 18.9 Å². The molecule has 0 saturated carbocycles. The lowest BCUT2D eigenvalue weighted by Crippen LogP contribution is -2.15. The minimum absolute atomic E-state index is 0.0834. The number of aliphatic hydroxyl groups excluding tert-OH is 1. The number of benzene rings is 4. The van der Waals surface area contributed by atoms with E-state index in [4.69, 9.17) is 33.2 Å². The number of aliphatic hydroxyl groups is 1. The zero-order valence-corrected chi connectivity index (χ0v) is 29.9. The van der Waals surface area contributed by atoms with Crippen LogP contribution in [-0.2, 0) is 28.6 Å². The molecule has 0 aliphatic carbocycles. The quantitative estimate of drug-likeness (QED) is 0.0395. The Balaban J connectivity index is 1.68. The summed E-state index contributed by atoms with van der Waals surface area (Å²) in [5, 5.41) is 9.27. The third-order valence-electron chi connectivity index (χ3n) is 7.94. The summed E-state index contributed by atoms with van der Waals surface area (Å²) in [6.07, 6.45) is 3.31. The van der Waals surface area contributed by atoms with E-state index < -0.39 is 17.9 Å². The van der Waals surface area contributed by atoms with Crippen molar-refractivity contribution >= 4 is 17.9 Å². The van der Waals surface area contributed by atoms with Gasteiger partial charge in [0.1, 0.15) is 69.2 Å². The highest BCUT2D eigenvalue weighted by molar-refractivity contribution is 5.81. The maximum absolute atomic E-state index is 11.4. The van der Waals surface area contributed by atoms with Gasteiger partial charge in [0.2, 0.25) is 0 Å². The summed E-state index contributed by atoms with van der Waals surface area (Å²) in [5.41, 5.74) is 3.96. The van der Waals surface area contributed by atoms with Gasteiger partial charge in [0, 0.05) is 30.1 Å². The van der Waals surface area contributed by atoms with Crippen LogP contribution in [0, 0.1) is 0 Å². The van der Waals surface area contributed by atoms with Gasteiger partial charge in [-0.15, -0.1) is 0 Å². The highest BCUT2D eigenvalue weighted by Crippen LogP contribution is 2.44. The van der Waals surface area contributed by atoms with Crippen LogP contribution >= 0.6 is 0 Å². The van der Waals surface area contributed by atoms with Gasteiger partial charge >= 0.3 is 17.9 Å². The maximum Gasteiger partial charge on any atom is 0.330 e. The number of rotatable bonds is 23. The van der Waals surface area contributed by atoms with E-state index in [1.807, 2.05) is 97.1 Å². The first-order valence-corrected chi connectivity index (χ1v) is 17.2. The molecule has 4 aromatic carbocycles. The third-order valence-corrected chi connectivity index (χ3v) is 7.94. The summed E-state index contributed by atoms with van der Waals surface area (Å²) in [5.74, 6) is 0.443. The summed E-state index contributed by atoms with van der Waals surface area (Å²) >= 11 is 0. The third kappa shape index (κ3) is 12.7. The number of esters is 3. The summed E-state index contributed by atoms with van der Waals surface area (Å²) in [7, 11) is 0. The molecular weight excluding hydrogens is 692 g/mol. The van der Waals surface area contributed by atoms with Crippen LogP contribution in [0.1, 0.15) is 34.1 Å². The largest absolute Gasteiger partial charge is 0.491 e. The van der Waals surface area contributed by atoms with E-state index in [1.54, 1.807) is 0 Å². The molecule has 0 bridgehead atoms. The Morgan fingerprint density at radius 3 is 0.889 bits per heavy atom. The van der Waals surface area contributed by atoms with Crippen molar-refractivity contribution < 1.29 is 52.6 Å². The number of ether oxygens (including phenoxy) is 7. The minimum atomic E-state index is -0.517. The molecule has 0 radical (unpaired) electrons. The van der Waals surface area contributed by atoms with Gasteiger partial charge in [0.25, 0.3) is 0 Å². The molecular formula is C43H44O11. The molecule has 0 aromatic heterocycles. The first kappa shape index (κ1) is 40.4. The lowest BCUT2D eigenvalue weighted by Gasteiger charge is -2.30. The first-order valence-electron chi connectivity index (χ1n) is 17.2. The van der Waals surface area contributed by atoms with Gasteiger partial charge in [-0.3, -0.25) is 0 Å². The van der Waals surface area contributed by atoms with Gasteiger partial charge in [-0.2, -0.15) is 0 Å². The Hall–Kier alpha value is -6.33. The molecule has 0 fully saturated rings. The second-order valence-corrected chi connectivity index (χ2v) is 11.5. The molecule has 0 amide bonds. The van der Waals surface area contributed by atoms with Crippen LogP contribution in [0.3, 0.4) is 0 Å². The molecule has 4 rings (SSSR count). The minimum Gasteiger partial charge on any atom is -0.491 e. The van der Waals surface area contributed by atoms with Crippen LogP contribution in [0.4, 0.5) is 0 Å². The predicted molar refractivity (Wildman–Crippen MR) is 202 cm³/mol. The van der Waals surface area contributed by atoms with E-state index in [2.05, 4.69) is 19.7 Å². The molecule has 4 aromatic rings. The maximum atomic E-state index is 11.4. The molecule has 0 saturated heterocycles. The lowest BCUT2D eigenvalue weighted by molar-refractivity contribution is -0.139. The molecule has 1 atom stereocenters. The standard InChI is InChI=1S/C43H44O11/c1-4-39(45)52-28-25-49-36-17-9-32(10-18-36)42(31-7-15-35(16-8-31)48-24-23-44)43(33-11-19-37(20-12-33)50-26-29-53-40(46)5-2)34-13-21-38(22-14-34)51-27-30-54-41(47)6-3/h4-22,42-44H,1-3,23-30H2. The molecule has 0 aliphatic rings. The van der Waals surface area contributed by atoms with Gasteiger partial charge in [0.05, 0.1) is 6.61 Å². The molecule has 11 nitrogen and oxygen atoms in total. The monoisotopic (exact) mass is 736 g/mol. The fourth-order valence-electron chi connectivity index (χ4n) is 5.49. The van der Waals surface area contributed by atoms with Crippen molar-refractivity contribution in [1.29, 1.82) is 0 Å².